The summed E-state index contributed by atoms with van der Waals surface area (Å²) in [7, 11) is -1.66. The highest BCUT2D eigenvalue weighted by Gasteiger charge is 2.17. The summed E-state index contributed by atoms with van der Waals surface area (Å²) in [5, 5.41) is 17.7. The first-order valence-corrected chi connectivity index (χ1v) is 4.87. The molecule has 0 radical (unpaired) electrons. The number of hydrogen-bond donors (Lipinski definition) is 3. The van der Waals surface area contributed by atoms with Crippen molar-refractivity contribution in [2.24, 2.45) is 5.73 Å². The third kappa shape index (κ3) is 3.26. The molecule has 17 heavy (non-hydrogen) atoms. The molecular weight excluding hydrogens is 225 g/mol. The lowest BCUT2D eigenvalue weighted by Gasteiger charge is -2.05. The van der Waals surface area contributed by atoms with Crippen molar-refractivity contribution in [1.82, 2.24) is 9.97 Å². The van der Waals surface area contributed by atoms with Crippen LogP contribution in [-0.2, 0) is 9.53 Å². The van der Waals surface area contributed by atoms with E-state index in [-0.39, 0.29) is 23.5 Å². The van der Waals surface area contributed by atoms with Gasteiger partial charge in [-0.25, -0.2) is 14.8 Å². The Balaban J connectivity index is 2.94. The number of ether oxygens (including phenoxy) is 1. The van der Waals surface area contributed by atoms with E-state index >= 15 is 0 Å². The van der Waals surface area contributed by atoms with Crippen LogP contribution in [0.5, 0.6) is 0 Å². The van der Waals surface area contributed by atoms with Crippen LogP contribution in [0.25, 0.3) is 5.57 Å². The molecule has 0 aliphatic heterocycles. The Morgan fingerprint density at radius 3 is 2.53 bits per heavy atom. The van der Waals surface area contributed by atoms with E-state index in [0.29, 0.717) is 0 Å². The van der Waals surface area contributed by atoms with Gasteiger partial charge >= 0.3 is 13.1 Å². The highest BCUT2D eigenvalue weighted by Crippen LogP contribution is 2.08. The van der Waals surface area contributed by atoms with Crippen LogP contribution in [0, 0.1) is 0 Å². The second-order valence-corrected chi connectivity index (χ2v) is 3.01. The lowest BCUT2D eigenvalue weighted by molar-refractivity contribution is -0.136. The molecule has 1 rings (SSSR count). The van der Waals surface area contributed by atoms with Crippen molar-refractivity contribution in [3.05, 3.63) is 24.4 Å². The molecule has 0 atom stereocenters. The summed E-state index contributed by atoms with van der Waals surface area (Å²) in [6.07, 6.45) is 3.42. The van der Waals surface area contributed by atoms with Crippen LogP contribution >= 0.6 is 0 Å². The van der Waals surface area contributed by atoms with Gasteiger partial charge in [-0.05, 0) is 6.92 Å². The molecule has 0 aliphatic carbocycles. The van der Waals surface area contributed by atoms with Crippen molar-refractivity contribution in [1.29, 1.82) is 0 Å². The maximum absolute atomic E-state index is 11.4. The monoisotopic (exact) mass is 237 g/mol. The molecule has 4 N–H and O–H groups in total. The van der Waals surface area contributed by atoms with Crippen LogP contribution in [0.1, 0.15) is 12.7 Å². The van der Waals surface area contributed by atoms with E-state index in [9.17, 15) is 4.79 Å². The molecule has 0 amide bonds. The van der Waals surface area contributed by atoms with E-state index in [1.54, 1.807) is 6.92 Å². The number of esters is 1. The summed E-state index contributed by atoms with van der Waals surface area (Å²) >= 11 is 0. The number of rotatable bonds is 4. The minimum Gasteiger partial charge on any atom is -0.462 e. The zero-order chi connectivity index (χ0) is 12.8. The van der Waals surface area contributed by atoms with E-state index in [0.717, 1.165) is 6.20 Å². The summed E-state index contributed by atoms with van der Waals surface area (Å²) in [5.74, 6) is -0.567. The third-order valence-electron chi connectivity index (χ3n) is 1.87. The van der Waals surface area contributed by atoms with Gasteiger partial charge in [0.2, 0.25) is 0 Å². The van der Waals surface area contributed by atoms with Gasteiger partial charge in [0.25, 0.3) is 0 Å². The van der Waals surface area contributed by atoms with Gasteiger partial charge in [-0.3, -0.25) is 0 Å². The van der Waals surface area contributed by atoms with E-state index in [4.69, 9.17) is 20.5 Å². The fourth-order valence-electron chi connectivity index (χ4n) is 1.05. The van der Waals surface area contributed by atoms with Crippen molar-refractivity contribution in [3.63, 3.8) is 0 Å². The summed E-state index contributed by atoms with van der Waals surface area (Å²) in [6.45, 7) is 1.88. The predicted molar refractivity (Wildman–Crippen MR) is 60.7 cm³/mol. The molecule has 0 aromatic carbocycles. The number of hydrogen-bond acceptors (Lipinski definition) is 7. The Morgan fingerprint density at radius 2 is 2.12 bits per heavy atom. The first-order chi connectivity index (χ1) is 8.10. The average molecular weight is 237 g/mol. The van der Waals surface area contributed by atoms with Crippen molar-refractivity contribution in [2.75, 3.05) is 6.61 Å². The van der Waals surface area contributed by atoms with E-state index in [2.05, 4.69) is 9.97 Å². The summed E-state index contributed by atoms with van der Waals surface area (Å²) < 4.78 is 4.76. The first kappa shape index (κ1) is 13.1. The highest BCUT2D eigenvalue weighted by molar-refractivity contribution is 6.58. The summed E-state index contributed by atoms with van der Waals surface area (Å²) in [6, 6.07) is 0. The smallest absolute Gasteiger partial charge is 0.462 e. The molecule has 1 heterocycles. The minimum atomic E-state index is -1.66. The van der Waals surface area contributed by atoms with Crippen LogP contribution in [0.2, 0.25) is 0 Å². The van der Waals surface area contributed by atoms with Crippen LogP contribution in [0.3, 0.4) is 0 Å². The Kier molecular flexibility index (Phi) is 4.62. The molecule has 8 heteroatoms. The molecular formula is C9H12BN3O4. The standard InChI is InChI=1S/C9H12BN3O4/c1-2-17-9(14)7(3-11)8-12-4-6(5-13-8)10(15)16/h3-5,15-16H,2,11H2,1H3/b7-3+. The minimum absolute atomic E-state index is 0.0193. The Bertz CT molecular complexity index is 419. The molecule has 0 unspecified atom stereocenters. The molecule has 0 saturated carbocycles. The van der Waals surface area contributed by atoms with E-state index < -0.39 is 13.1 Å². The third-order valence-corrected chi connectivity index (χ3v) is 1.87. The van der Waals surface area contributed by atoms with Crippen LogP contribution in [-0.4, -0.2) is 39.7 Å². The molecule has 90 valence electrons. The van der Waals surface area contributed by atoms with Crippen molar-refractivity contribution < 1.29 is 19.6 Å². The Hall–Kier alpha value is -1.93. The number of nitrogens with zero attached hydrogens (tertiary/aromatic N) is 2. The van der Waals surface area contributed by atoms with Gasteiger partial charge in [0, 0.05) is 24.1 Å². The molecule has 0 bridgehead atoms. The van der Waals surface area contributed by atoms with Crippen molar-refractivity contribution in [3.8, 4) is 0 Å². The highest BCUT2D eigenvalue weighted by atomic mass is 16.5. The van der Waals surface area contributed by atoms with E-state index in [1.165, 1.54) is 12.4 Å². The quantitative estimate of drug-likeness (QED) is 0.315. The van der Waals surface area contributed by atoms with E-state index in [1.807, 2.05) is 0 Å². The SMILES string of the molecule is CCOC(=O)/C(=C/N)c1ncc(B(O)O)cn1. The average Bonchev–Trinajstić information content (AvgIpc) is 2.31. The van der Waals surface area contributed by atoms with Crippen LogP contribution in [0.15, 0.2) is 18.6 Å². The van der Waals surface area contributed by atoms with Crippen LogP contribution in [0.4, 0.5) is 0 Å². The summed E-state index contributed by atoms with van der Waals surface area (Å²) in [5.41, 5.74) is 5.43. The lowest BCUT2D eigenvalue weighted by Crippen LogP contribution is -2.31. The lowest BCUT2D eigenvalue weighted by atomic mass is 9.83. The largest absolute Gasteiger partial charge is 0.491 e. The van der Waals surface area contributed by atoms with Gasteiger partial charge in [-0.1, -0.05) is 0 Å². The maximum Gasteiger partial charge on any atom is 0.491 e. The Morgan fingerprint density at radius 1 is 1.53 bits per heavy atom. The Labute approximate surface area is 98.1 Å². The predicted octanol–water partition coefficient (Wildman–Crippen LogP) is -1.98. The normalized spacial score (nSPS) is 11.1. The maximum atomic E-state index is 11.4. The number of carbonyl (C=O) groups is 1. The van der Waals surface area contributed by atoms with Crippen molar-refractivity contribution >= 4 is 24.1 Å². The van der Waals surface area contributed by atoms with Gasteiger partial charge in [-0.15, -0.1) is 0 Å². The molecule has 0 saturated heterocycles. The molecule has 1 aromatic rings. The topological polar surface area (TPSA) is 119 Å². The number of nitrogens with two attached hydrogens (primary N) is 1. The van der Waals surface area contributed by atoms with Gasteiger partial charge in [0.05, 0.1) is 6.61 Å². The second kappa shape index (κ2) is 5.97. The fraction of sp³-hybridized carbons (Fsp3) is 0.222. The molecule has 1 aromatic heterocycles. The second-order valence-electron chi connectivity index (χ2n) is 3.01. The molecule has 7 nitrogen and oxygen atoms in total. The fourth-order valence-corrected chi connectivity index (χ4v) is 1.05. The molecule has 0 aliphatic rings. The number of aromatic nitrogens is 2. The summed E-state index contributed by atoms with van der Waals surface area (Å²) in [4.78, 5) is 19.0. The van der Waals surface area contributed by atoms with Gasteiger partial charge in [0.15, 0.2) is 5.82 Å². The van der Waals surface area contributed by atoms with Gasteiger partial charge in [-0.2, -0.15) is 0 Å². The zero-order valence-electron chi connectivity index (χ0n) is 9.20. The zero-order valence-corrected chi connectivity index (χ0v) is 9.20. The van der Waals surface area contributed by atoms with Crippen LogP contribution < -0.4 is 11.2 Å². The first-order valence-electron chi connectivity index (χ1n) is 4.87. The molecule has 0 spiro atoms. The number of carbonyl (C=O) groups excluding carboxylic acids is 1. The van der Waals surface area contributed by atoms with Gasteiger partial charge in [0.1, 0.15) is 5.57 Å². The molecule has 0 fully saturated rings. The van der Waals surface area contributed by atoms with Crippen molar-refractivity contribution in [2.45, 2.75) is 6.92 Å². The van der Waals surface area contributed by atoms with Gasteiger partial charge < -0.3 is 20.5 Å².